The summed E-state index contributed by atoms with van der Waals surface area (Å²) in [5.41, 5.74) is 0. The summed E-state index contributed by atoms with van der Waals surface area (Å²) >= 11 is 0. The van der Waals surface area contributed by atoms with Gasteiger partial charge in [0.05, 0.1) is 0 Å². The highest BCUT2D eigenvalue weighted by atomic mass is 17.1. The Labute approximate surface area is 159 Å². The van der Waals surface area contributed by atoms with Gasteiger partial charge in [-0.05, 0) is 32.1 Å². The number of hydrogen-bond acceptors (Lipinski definition) is 4. The van der Waals surface area contributed by atoms with Crippen molar-refractivity contribution < 1.29 is 24.8 Å². The fraction of sp³-hybridized carbons (Fsp3) is 0.810. The minimum Gasteiger partial charge on any atom is -0.481 e. The molecule has 0 saturated carbocycles. The van der Waals surface area contributed by atoms with Gasteiger partial charge in [-0.25, -0.2) is 4.79 Å². The summed E-state index contributed by atoms with van der Waals surface area (Å²) in [7, 11) is 0. The van der Waals surface area contributed by atoms with Gasteiger partial charge in [0.2, 0.25) is 0 Å². The van der Waals surface area contributed by atoms with E-state index in [0.29, 0.717) is 6.42 Å². The van der Waals surface area contributed by atoms with Crippen molar-refractivity contribution in [3.63, 3.8) is 0 Å². The average molecular weight is 373 g/mol. The third-order valence-corrected chi connectivity index (χ3v) is 4.05. The lowest BCUT2D eigenvalue weighted by atomic mass is 10.1. The molecule has 0 aromatic heterocycles. The highest BCUT2D eigenvalue weighted by Crippen LogP contribution is 2.10. The maximum Gasteiger partial charge on any atom is 0.342 e. The van der Waals surface area contributed by atoms with Crippen molar-refractivity contribution in [3.8, 4) is 0 Å². The molecule has 0 aromatic rings. The number of aliphatic carboxylic acids is 1. The SMILES string of the molecule is CCC(=O)O.CCCCCCCCC=CCCCCCCCC(=O)OO. The summed E-state index contributed by atoms with van der Waals surface area (Å²) in [5, 5.41) is 15.8. The molecule has 0 amide bonds. The number of allylic oxidation sites excluding steroid dienone is 2. The van der Waals surface area contributed by atoms with Crippen molar-refractivity contribution in [1.82, 2.24) is 0 Å². The summed E-state index contributed by atoms with van der Waals surface area (Å²) < 4.78 is 0. The molecule has 0 aliphatic rings. The monoisotopic (exact) mass is 372 g/mol. The molecule has 0 bridgehead atoms. The van der Waals surface area contributed by atoms with Gasteiger partial charge in [0, 0.05) is 12.8 Å². The summed E-state index contributed by atoms with van der Waals surface area (Å²) in [6.45, 7) is 3.86. The molecular formula is C21H40O5. The second-order valence-corrected chi connectivity index (χ2v) is 6.54. The summed E-state index contributed by atoms with van der Waals surface area (Å²) in [5.74, 6) is -1.27. The maximum atomic E-state index is 10.7. The molecule has 0 fully saturated rings. The van der Waals surface area contributed by atoms with Gasteiger partial charge < -0.3 is 9.99 Å². The van der Waals surface area contributed by atoms with Gasteiger partial charge in [0.25, 0.3) is 0 Å². The van der Waals surface area contributed by atoms with Crippen LogP contribution < -0.4 is 0 Å². The van der Waals surface area contributed by atoms with Gasteiger partial charge in [-0.15, -0.1) is 0 Å². The molecule has 0 unspecified atom stereocenters. The molecule has 0 rings (SSSR count). The van der Waals surface area contributed by atoms with Gasteiger partial charge in [-0.1, -0.05) is 77.4 Å². The fourth-order valence-electron chi connectivity index (χ4n) is 2.39. The first-order valence-corrected chi connectivity index (χ1v) is 10.3. The van der Waals surface area contributed by atoms with Gasteiger partial charge in [-0.3, -0.25) is 4.79 Å². The first-order chi connectivity index (χ1) is 12.6. The lowest BCUT2D eigenvalue weighted by Crippen LogP contribution is -1.99. The smallest absolute Gasteiger partial charge is 0.342 e. The molecule has 5 nitrogen and oxygen atoms in total. The molecule has 0 aromatic carbocycles. The van der Waals surface area contributed by atoms with Crippen LogP contribution in [0.4, 0.5) is 0 Å². The number of carbonyl (C=O) groups excluding carboxylic acids is 1. The molecule has 0 atom stereocenters. The van der Waals surface area contributed by atoms with E-state index in [1.807, 2.05) is 0 Å². The standard InChI is InChI=1S/C18H34O3.C3H6O2/c1-2-3-4-5-6-7-8-9-10-11-12-13-14-15-16-17-18(19)21-20;1-2-3(4)5/h9-10,20H,2-8,11-17H2,1H3;2H2,1H3,(H,4,5). The Morgan fingerprint density at radius 2 is 1.19 bits per heavy atom. The Morgan fingerprint density at radius 1 is 0.769 bits per heavy atom. The van der Waals surface area contributed by atoms with Gasteiger partial charge in [0.15, 0.2) is 0 Å². The molecule has 2 N–H and O–H groups in total. The maximum absolute atomic E-state index is 10.7. The molecule has 0 heterocycles. The molecule has 0 radical (unpaired) electrons. The molecule has 0 saturated heterocycles. The third kappa shape index (κ3) is 27.5. The van der Waals surface area contributed by atoms with Crippen LogP contribution in [0, 0.1) is 0 Å². The van der Waals surface area contributed by atoms with E-state index in [1.54, 1.807) is 6.92 Å². The van der Waals surface area contributed by atoms with Crippen LogP contribution in [0.3, 0.4) is 0 Å². The number of rotatable bonds is 16. The van der Waals surface area contributed by atoms with E-state index >= 15 is 0 Å². The average Bonchev–Trinajstić information content (AvgIpc) is 2.65. The zero-order chi connectivity index (χ0) is 19.9. The van der Waals surface area contributed by atoms with E-state index in [0.717, 1.165) is 19.3 Å². The molecular weight excluding hydrogens is 332 g/mol. The van der Waals surface area contributed by atoms with Crippen molar-refractivity contribution in [2.45, 2.75) is 110 Å². The molecule has 154 valence electrons. The van der Waals surface area contributed by atoms with Crippen molar-refractivity contribution in [2.75, 3.05) is 0 Å². The van der Waals surface area contributed by atoms with Crippen molar-refractivity contribution >= 4 is 11.9 Å². The van der Waals surface area contributed by atoms with E-state index in [9.17, 15) is 9.59 Å². The zero-order valence-electron chi connectivity index (χ0n) is 16.9. The number of carboxylic acid groups (broad SMARTS) is 1. The topological polar surface area (TPSA) is 83.8 Å². The Bertz CT molecular complexity index is 339. The Balaban J connectivity index is 0. The first-order valence-electron chi connectivity index (χ1n) is 10.3. The zero-order valence-corrected chi connectivity index (χ0v) is 16.9. The summed E-state index contributed by atoms with van der Waals surface area (Å²) in [6.07, 6.45) is 21.3. The number of carboxylic acids is 1. The van der Waals surface area contributed by atoms with Gasteiger partial charge in [0.1, 0.15) is 0 Å². The van der Waals surface area contributed by atoms with Gasteiger partial charge >= 0.3 is 11.9 Å². The number of unbranched alkanes of at least 4 members (excludes halogenated alkanes) is 11. The lowest BCUT2D eigenvalue weighted by molar-refractivity contribution is -0.234. The lowest BCUT2D eigenvalue weighted by Gasteiger charge is -1.99. The second-order valence-electron chi connectivity index (χ2n) is 6.54. The Morgan fingerprint density at radius 3 is 1.62 bits per heavy atom. The van der Waals surface area contributed by atoms with Crippen molar-refractivity contribution in [2.24, 2.45) is 0 Å². The predicted molar refractivity (Wildman–Crippen MR) is 106 cm³/mol. The van der Waals surface area contributed by atoms with E-state index in [4.69, 9.17) is 10.4 Å². The van der Waals surface area contributed by atoms with Crippen LogP contribution in [0.15, 0.2) is 12.2 Å². The van der Waals surface area contributed by atoms with E-state index in [1.165, 1.54) is 64.2 Å². The fourth-order valence-corrected chi connectivity index (χ4v) is 2.39. The molecule has 0 aliphatic carbocycles. The number of hydrogen-bond donors (Lipinski definition) is 2. The Hall–Kier alpha value is -1.36. The van der Waals surface area contributed by atoms with Crippen LogP contribution in [0.25, 0.3) is 0 Å². The van der Waals surface area contributed by atoms with E-state index < -0.39 is 11.9 Å². The largest absolute Gasteiger partial charge is 0.481 e. The van der Waals surface area contributed by atoms with E-state index in [2.05, 4.69) is 24.0 Å². The molecule has 26 heavy (non-hydrogen) atoms. The van der Waals surface area contributed by atoms with Gasteiger partial charge in [-0.2, -0.15) is 5.26 Å². The normalized spacial score (nSPS) is 10.4. The highest BCUT2D eigenvalue weighted by molar-refractivity contribution is 5.68. The summed E-state index contributed by atoms with van der Waals surface area (Å²) in [6, 6.07) is 0. The highest BCUT2D eigenvalue weighted by Gasteiger charge is 2.00. The van der Waals surface area contributed by atoms with Crippen LogP contribution in [0.5, 0.6) is 0 Å². The number of carbonyl (C=O) groups is 2. The van der Waals surface area contributed by atoms with Crippen LogP contribution in [0.1, 0.15) is 110 Å². The minimum absolute atomic E-state index is 0.222. The third-order valence-electron chi connectivity index (χ3n) is 4.05. The first kappa shape index (κ1) is 26.9. The predicted octanol–water partition coefficient (Wildman–Crippen LogP) is 6.52. The summed E-state index contributed by atoms with van der Waals surface area (Å²) in [4.78, 5) is 23.7. The molecule has 0 spiro atoms. The second kappa shape index (κ2) is 23.6. The van der Waals surface area contributed by atoms with Crippen LogP contribution in [-0.2, 0) is 14.5 Å². The van der Waals surface area contributed by atoms with Crippen molar-refractivity contribution in [3.05, 3.63) is 12.2 Å². The minimum atomic E-state index is -0.745. The molecule has 5 heteroatoms. The van der Waals surface area contributed by atoms with Crippen molar-refractivity contribution in [1.29, 1.82) is 0 Å². The van der Waals surface area contributed by atoms with Crippen LogP contribution in [-0.4, -0.2) is 22.3 Å². The van der Waals surface area contributed by atoms with Crippen LogP contribution >= 0.6 is 0 Å². The molecule has 0 aliphatic heterocycles. The van der Waals surface area contributed by atoms with E-state index in [-0.39, 0.29) is 6.42 Å². The van der Waals surface area contributed by atoms with Crippen LogP contribution in [0.2, 0.25) is 0 Å². The quantitative estimate of drug-likeness (QED) is 0.139. The Kier molecular flexibility index (Phi) is 24.4.